The van der Waals surface area contributed by atoms with E-state index < -0.39 is 11.7 Å². The number of halogens is 3. The van der Waals surface area contributed by atoms with Crippen molar-refractivity contribution in [3.05, 3.63) is 59.9 Å². The van der Waals surface area contributed by atoms with Crippen LogP contribution in [-0.2, 0) is 23.9 Å². The number of amides is 1. The van der Waals surface area contributed by atoms with Gasteiger partial charge in [-0.15, -0.1) is 0 Å². The van der Waals surface area contributed by atoms with Gasteiger partial charge >= 0.3 is 6.18 Å². The van der Waals surface area contributed by atoms with Gasteiger partial charge in [0.15, 0.2) is 0 Å². The number of hydrogen-bond acceptors (Lipinski definition) is 5. The molecule has 2 heterocycles. The van der Waals surface area contributed by atoms with Crippen molar-refractivity contribution in [2.45, 2.75) is 39.4 Å². The first-order chi connectivity index (χ1) is 14.2. The second-order valence-electron chi connectivity index (χ2n) is 7.33. The molecule has 1 aromatic carbocycles. The van der Waals surface area contributed by atoms with Crippen LogP contribution >= 0.6 is 0 Å². The monoisotopic (exact) mass is 421 g/mol. The lowest BCUT2D eigenvalue weighted by Gasteiger charge is -2.22. The lowest BCUT2D eigenvalue weighted by Crippen LogP contribution is -2.33. The molecule has 0 atom stereocenters. The molecule has 0 aliphatic heterocycles. The SMILES string of the molecule is CC(C)CC(=O)N(CCc1nc(-c2ccc(C(F)(F)F)cc2)no1)Cc1ccco1. The summed E-state index contributed by atoms with van der Waals surface area (Å²) < 4.78 is 48.6. The first-order valence-electron chi connectivity index (χ1n) is 9.52. The van der Waals surface area contributed by atoms with E-state index in [9.17, 15) is 18.0 Å². The Morgan fingerprint density at radius 1 is 1.17 bits per heavy atom. The maximum absolute atomic E-state index is 12.7. The zero-order valence-corrected chi connectivity index (χ0v) is 16.6. The molecule has 0 bridgehead atoms. The minimum atomic E-state index is -4.40. The van der Waals surface area contributed by atoms with Crippen LogP contribution in [0.2, 0.25) is 0 Å². The van der Waals surface area contributed by atoms with Gasteiger partial charge in [0.05, 0.1) is 18.4 Å². The van der Waals surface area contributed by atoms with E-state index in [2.05, 4.69) is 10.1 Å². The average Bonchev–Trinajstić information content (AvgIpc) is 3.36. The fraction of sp³-hybridized carbons (Fsp3) is 0.381. The number of hydrogen-bond donors (Lipinski definition) is 0. The molecule has 0 N–H and O–H groups in total. The number of nitrogens with zero attached hydrogens (tertiary/aromatic N) is 3. The van der Waals surface area contributed by atoms with Crippen LogP contribution in [0.5, 0.6) is 0 Å². The van der Waals surface area contributed by atoms with E-state index in [0.29, 0.717) is 43.1 Å². The van der Waals surface area contributed by atoms with Crippen molar-refractivity contribution in [3.8, 4) is 11.4 Å². The van der Waals surface area contributed by atoms with Crippen molar-refractivity contribution < 1.29 is 26.9 Å². The van der Waals surface area contributed by atoms with E-state index in [0.717, 1.165) is 12.1 Å². The Morgan fingerprint density at radius 3 is 2.50 bits per heavy atom. The van der Waals surface area contributed by atoms with E-state index in [4.69, 9.17) is 8.94 Å². The first-order valence-corrected chi connectivity index (χ1v) is 9.52. The lowest BCUT2D eigenvalue weighted by atomic mass is 10.1. The summed E-state index contributed by atoms with van der Waals surface area (Å²) in [6.45, 7) is 4.62. The number of alkyl halides is 3. The summed E-state index contributed by atoms with van der Waals surface area (Å²) in [7, 11) is 0. The third kappa shape index (κ3) is 5.71. The molecule has 0 unspecified atom stereocenters. The molecule has 0 fully saturated rings. The molecule has 9 heteroatoms. The number of aromatic nitrogens is 2. The summed E-state index contributed by atoms with van der Waals surface area (Å²) in [6, 6.07) is 8.10. The second kappa shape index (κ2) is 9.15. The molecule has 3 rings (SSSR count). The number of rotatable bonds is 8. The van der Waals surface area contributed by atoms with Crippen molar-refractivity contribution in [1.82, 2.24) is 15.0 Å². The van der Waals surface area contributed by atoms with Crippen molar-refractivity contribution in [2.75, 3.05) is 6.54 Å². The molecule has 160 valence electrons. The van der Waals surface area contributed by atoms with Crippen molar-refractivity contribution in [1.29, 1.82) is 0 Å². The molecule has 0 aliphatic carbocycles. The minimum Gasteiger partial charge on any atom is -0.467 e. The fourth-order valence-electron chi connectivity index (χ4n) is 2.87. The van der Waals surface area contributed by atoms with E-state index in [1.54, 1.807) is 23.3 Å². The number of carbonyl (C=O) groups is 1. The molecule has 0 radical (unpaired) electrons. The van der Waals surface area contributed by atoms with Gasteiger partial charge < -0.3 is 13.8 Å². The predicted molar refractivity (Wildman–Crippen MR) is 102 cm³/mol. The van der Waals surface area contributed by atoms with Gasteiger partial charge in [-0.05, 0) is 30.2 Å². The van der Waals surface area contributed by atoms with E-state index in [1.165, 1.54) is 12.1 Å². The standard InChI is InChI=1S/C21H22F3N3O3/c1-14(2)12-19(28)27(13-17-4-3-11-29-17)10-9-18-25-20(26-30-18)15-5-7-16(8-6-15)21(22,23)24/h3-8,11,14H,9-10,12-13H2,1-2H3. The van der Waals surface area contributed by atoms with Crippen LogP contribution < -0.4 is 0 Å². The molecule has 0 saturated heterocycles. The summed E-state index contributed by atoms with van der Waals surface area (Å²) in [6.07, 6.45) is -2.13. The first kappa shape index (κ1) is 21.6. The average molecular weight is 421 g/mol. The van der Waals surface area contributed by atoms with Crippen LogP contribution in [0.4, 0.5) is 13.2 Å². The summed E-state index contributed by atoms with van der Waals surface area (Å²) >= 11 is 0. The van der Waals surface area contributed by atoms with Crippen LogP contribution in [0.25, 0.3) is 11.4 Å². The number of carbonyl (C=O) groups excluding carboxylic acids is 1. The van der Waals surface area contributed by atoms with Crippen LogP contribution in [0.3, 0.4) is 0 Å². The topological polar surface area (TPSA) is 72.4 Å². The van der Waals surface area contributed by atoms with Gasteiger partial charge in [-0.25, -0.2) is 0 Å². The molecule has 2 aromatic heterocycles. The maximum Gasteiger partial charge on any atom is 0.416 e. The highest BCUT2D eigenvalue weighted by Crippen LogP contribution is 2.30. The zero-order chi connectivity index (χ0) is 21.7. The molecule has 0 saturated carbocycles. The summed E-state index contributed by atoms with van der Waals surface area (Å²) in [5.74, 6) is 1.37. The highest BCUT2D eigenvalue weighted by molar-refractivity contribution is 5.76. The quantitative estimate of drug-likeness (QED) is 0.514. The Labute approximate surface area is 171 Å². The Bertz CT molecular complexity index is 948. The summed E-state index contributed by atoms with van der Waals surface area (Å²) in [4.78, 5) is 18.5. The molecular formula is C21H22F3N3O3. The maximum atomic E-state index is 12.7. The Hall–Kier alpha value is -3.10. The molecule has 0 aliphatic rings. The molecule has 6 nitrogen and oxygen atoms in total. The third-order valence-corrected chi connectivity index (χ3v) is 4.40. The largest absolute Gasteiger partial charge is 0.467 e. The second-order valence-corrected chi connectivity index (χ2v) is 7.33. The van der Waals surface area contributed by atoms with Gasteiger partial charge in [0.25, 0.3) is 0 Å². The van der Waals surface area contributed by atoms with E-state index >= 15 is 0 Å². The summed E-state index contributed by atoms with van der Waals surface area (Å²) in [5, 5.41) is 3.84. The Kier molecular flexibility index (Phi) is 6.59. The van der Waals surface area contributed by atoms with Crippen LogP contribution in [-0.4, -0.2) is 27.5 Å². The highest BCUT2D eigenvalue weighted by atomic mass is 19.4. The van der Waals surface area contributed by atoms with Gasteiger partial charge in [0, 0.05) is 24.9 Å². The van der Waals surface area contributed by atoms with Crippen LogP contribution in [0.1, 0.15) is 37.5 Å². The fourth-order valence-corrected chi connectivity index (χ4v) is 2.87. The van der Waals surface area contributed by atoms with Gasteiger partial charge in [0.1, 0.15) is 5.76 Å². The minimum absolute atomic E-state index is 0.0103. The van der Waals surface area contributed by atoms with Gasteiger partial charge in [-0.2, -0.15) is 18.2 Å². The normalized spacial score (nSPS) is 11.8. The lowest BCUT2D eigenvalue weighted by molar-refractivity contribution is -0.137. The van der Waals surface area contributed by atoms with Gasteiger partial charge in [-0.3, -0.25) is 4.79 Å². The van der Waals surface area contributed by atoms with Gasteiger partial charge in [-0.1, -0.05) is 31.1 Å². The van der Waals surface area contributed by atoms with Crippen molar-refractivity contribution >= 4 is 5.91 Å². The highest BCUT2D eigenvalue weighted by Gasteiger charge is 2.30. The Balaban J connectivity index is 1.66. The van der Waals surface area contributed by atoms with Crippen molar-refractivity contribution in [3.63, 3.8) is 0 Å². The van der Waals surface area contributed by atoms with Crippen LogP contribution in [0.15, 0.2) is 51.6 Å². The van der Waals surface area contributed by atoms with E-state index in [-0.39, 0.29) is 17.6 Å². The van der Waals surface area contributed by atoms with Crippen molar-refractivity contribution in [2.24, 2.45) is 5.92 Å². The molecular weight excluding hydrogens is 399 g/mol. The number of benzene rings is 1. The molecule has 0 spiro atoms. The molecule has 3 aromatic rings. The predicted octanol–water partition coefficient (Wildman–Crippen LogP) is 4.97. The smallest absolute Gasteiger partial charge is 0.416 e. The molecule has 1 amide bonds. The third-order valence-electron chi connectivity index (χ3n) is 4.40. The zero-order valence-electron chi connectivity index (χ0n) is 16.6. The Morgan fingerprint density at radius 2 is 1.90 bits per heavy atom. The summed E-state index contributed by atoms with van der Waals surface area (Å²) in [5.41, 5.74) is -0.325. The molecule has 30 heavy (non-hydrogen) atoms. The van der Waals surface area contributed by atoms with Crippen LogP contribution in [0, 0.1) is 5.92 Å². The van der Waals surface area contributed by atoms with E-state index in [1.807, 2.05) is 13.8 Å². The number of furan rings is 1. The van der Waals surface area contributed by atoms with Gasteiger partial charge in [0.2, 0.25) is 17.6 Å².